The first-order valence-corrected chi connectivity index (χ1v) is 5.20. The molecule has 0 amide bonds. The summed E-state index contributed by atoms with van der Waals surface area (Å²) in [5, 5.41) is 0. The van der Waals surface area contributed by atoms with Crippen molar-refractivity contribution in [2.24, 2.45) is 11.8 Å². The first-order chi connectivity index (χ1) is 6.74. The fourth-order valence-electron chi connectivity index (χ4n) is 2.88. The van der Waals surface area contributed by atoms with Crippen molar-refractivity contribution in [1.82, 2.24) is 0 Å². The van der Waals surface area contributed by atoms with Crippen molar-refractivity contribution in [3.63, 3.8) is 0 Å². The molecule has 0 aromatic heterocycles. The molecular formula is C10H14O4. The van der Waals surface area contributed by atoms with Crippen molar-refractivity contribution < 1.29 is 19.0 Å². The zero-order chi connectivity index (χ0) is 9.71. The molecule has 0 N–H and O–H groups in total. The standard InChI is InChI=1S/C10H14O4/c1-5-12-4-7-6-2-10(11)14-8(6)3-9(7)13-5/h5-9H,2-4H2,1H3/t5?,6-,7?,8+,9-/m0/s1. The van der Waals surface area contributed by atoms with Gasteiger partial charge in [-0.1, -0.05) is 0 Å². The maximum absolute atomic E-state index is 11.1. The molecule has 3 fully saturated rings. The van der Waals surface area contributed by atoms with Gasteiger partial charge in [0, 0.05) is 18.3 Å². The molecule has 2 aliphatic heterocycles. The maximum Gasteiger partial charge on any atom is 0.306 e. The summed E-state index contributed by atoms with van der Waals surface area (Å²) in [5.41, 5.74) is 0. The summed E-state index contributed by atoms with van der Waals surface area (Å²) in [6.45, 7) is 2.62. The predicted molar refractivity (Wildman–Crippen MR) is 46.4 cm³/mol. The van der Waals surface area contributed by atoms with E-state index >= 15 is 0 Å². The second-order valence-electron chi connectivity index (χ2n) is 4.37. The van der Waals surface area contributed by atoms with Gasteiger partial charge in [-0.05, 0) is 6.92 Å². The molecule has 0 aromatic carbocycles. The maximum atomic E-state index is 11.1. The van der Waals surface area contributed by atoms with Gasteiger partial charge >= 0.3 is 5.97 Å². The Kier molecular flexibility index (Phi) is 1.82. The van der Waals surface area contributed by atoms with Crippen LogP contribution < -0.4 is 0 Å². The largest absolute Gasteiger partial charge is 0.462 e. The molecule has 5 atom stereocenters. The van der Waals surface area contributed by atoms with Gasteiger partial charge in [0.25, 0.3) is 0 Å². The van der Waals surface area contributed by atoms with Crippen LogP contribution in [-0.4, -0.2) is 31.1 Å². The van der Waals surface area contributed by atoms with Crippen molar-refractivity contribution in [3.8, 4) is 0 Å². The Hall–Kier alpha value is -0.610. The van der Waals surface area contributed by atoms with E-state index in [0.29, 0.717) is 24.9 Å². The van der Waals surface area contributed by atoms with Gasteiger partial charge in [-0.3, -0.25) is 4.79 Å². The molecule has 0 aromatic rings. The van der Waals surface area contributed by atoms with Crippen molar-refractivity contribution >= 4 is 5.97 Å². The highest BCUT2D eigenvalue weighted by Gasteiger charge is 2.52. The van der Waals surface area contributed by atoms with Crippen molar-refractivity contribution in [2.75, 3.05) is 6.61 Å². The number of esters is 1. The third-order valence-corrected chi connectivity index (χ3v) is 3.54. The van der Waals surface area contributed by atoms with E-state index in [1.807, 2.05) is 6.92 Å². The number of fused-ring (bicyclic) bond motifs is 3. The zero-order valence-corrected chi connectivity index (χ0v) is 8.14. The summed E-state index contributed by atoms with van der Waals surface area (Å²) in [4.78, 5) is 11.1. The van der Waals surface area contributed by atoms with Gasteiger partial charge in [-0.2, -0.15) is 0 Å². The third kappa shape index (κ3) is 1.17. The minimum atomic E-state index is -0.106. The van der Waals surface area contributed by atoms with E-state index in [-0.39, 0.29) is 24.5 Å². The van der Waals surface area contributed by atoms with Gasteiger partial charge in [0.2, 0.25) is 0 Å². The first kappa shape index (κ1) is 8.68. The van der Waals surface area contributed by atoms with Crippen molar-refractivity contribution in [3.05, 3.63) is 0 Å². The van der Waals surface area contributed by atoms with E-state index in [1.165, 1.54) is 0 Å². The highest BCUT2D eigenvalue weighted by atomic mass is 16.7. The lowest BCUT2D eigenvalue weighted by Gasteiger charge is -2.32. The summed E-state index contributed by atoms with van der Waals surface area (Å²) < 4.78 is 16.4. The number of hydrogen-bond acceptors (Lipinski definition) is 4. The first-order valence-electron chi connectivity index (χ1n) is 5.20. The minimum absolute atomic E-state index is 0.0583. The molecular weight excluding hydrogens is 184 g/mol. The van der Waals surface area contributed by atoms with Crippen LogP contribution in [0.5, 0.6) is 0 Å². The number of carbonyl (C=O) groups excluding carboxylic acids is 1. The summed E-state index contributed by atoms with van der Waals surface area (Å²) in [6.07, 6.45) is 1.63. The van der Waals surface area contributed by atoms with Crippen LogP contribution in [0.4, 0.5) is 0 Å². The number of rotatable bonds is 0. The molecule has 0 bridgehead atoms. The molecule has 1 saturated carbocycles. The molecule has 0 spiro atoms. The van der Waals surface area contributed by atoms with Crippen LogP contribution in [0.25, 0.3) is 0 Å². The Bertz CT molecular complexity index is 265. The molecule has 3 rings (SSSR count). The fourth-order valence-corrected chi connectivity index (χ4v) is 2.88. The molecule has 2 saturated heterocycles. The van der Waals surface area contributed by atoms with Gasteiger partial charge in [-0.25, -0.2) is 0 Å². The quantitative estimate of drug-likeness (QED) is 0.537. The average Bonchev–Trinajstić information content (AvgIpc) is 2.59. The zero-order valence-electron chi connectivity index (χ0n) is 8.14. The Balaban J connectivity index is 1.77. The van der Waals surface area contributed by atoms with Crippen LogP contribution in [0.2, 0.25) is 0 Å². The van der Waals surface area contributed by atoms with Crippen LogP contribution in [-0.2, 0) is 19.0 Å². The van der Waals surface area contributed by atoms with Gasteiger partial charge < -0.3 is 14.2 Å². The highest BCUT2D eigenvalue weighted by Crippen LogP contribution is 2.44. The third-order valence-electron chi connectivity index (χ3n) is 3.54. The Morgan fingerprint density at radius 3 is 3.00 bits per heavy atom. The summed E-state index contributed by atoms with van der Waals surface area (Å²) >= 11 is 0. The second-order valence-corrected chi connectivity index (χ2v) is 4.37. The van der Waals surface area contributed by atoms with Crippen LogP contribution >= 0.6 is 0 Å². The van der Waals surface area contributed by atoms with Crippen LogP contribution in [0.15, 0.2) is 0 Å². The second kappa shape index (κ2) is 2.94. The number of hydrogen-bond donors (Lipinski definition) is 0. The molecule has 2 heterocycles. The van der Waals surface area contributed by atoms with E-state index in [2.05, 4.69) is 0 Å². The molecule has 0 radical (unpaired) electrons. The van der Waals surface area contributed by atoms with E-state index < -0.39 is 0 Å². The lowest BCUT2D eigenvalue weighted by Crippen LogP contribution is -2.37. The minimum Gasteiger partial charge on any atom is -0.462 e. The smallest absolute Gasteiger partial charge is 0.306 e. The number of carbonyl (C=O) groups is 1. The van der Waals surface area contributed by atoms with Crippen LogP contribution in [0, 0.1) is 11.8 Å². The molecule has 4 heteroatoms. The normalized spacial score (nSPS) is 51.2. The van der Waals surface area contributed by atoms with Crippen molar-refractivity contribution in [1.29, 1.82) is 0 Å². The fraction of sp³-hybridized carbons (Fsp3) is 0.900. The molecule has 78 valence electrons. The van der Waals surface area contributed by atoms with Crippen molar-refractivity contribution in [2.45, 2.75) is 38.3 Å². The highest BCUT2D eigenvalue weighted by molar-refractivity contribution is 5.72. The Morgan fingerprint density at radius 1 is 1.29 bits per heavy atom. The van der Waals surface area contributed by atoms with E-state index in [1.54, 1.807) is 0 Å². The summed E-state index contributed by atoms with van der Waals surface area (Å²) in [5.74, 6) is 0.639. The lowest BCUT2D eigenvalue weighted by molar-refractivity contribution is -0.224. The summed E-state index contributed by atoms with van der Waals surface area (Å²) in [7, 11) is 0. The Morgan fingerprint density at radius 2 is 2.14 bits per heavy atom. The topological polar surface area (TPSA) is 44.8 Å². The van der Waals surface area contributed by atoms with Gasteiger partial charge in [0.1, 0.15) is 6.10 Å². The van der Waals surface area contributed by atoms with E-state index in [9.17, 15) is 4.79 Å². The average molecular weight is 198 g/mol. The SMILES string of the molecule is CC1OCC2[C@H](C[C@H]3OC(=O)C[C@@H]23)O1. The number of ether oxygens (including phenoxy) is 3. The van der Waals surface area contributed by atoms with E-state index in [0.717, 1.165) is 6.42 Å². The van der Waals surface area contributed by atoms with Crippen LogP contribution in [0.1, 0.15) is 19.8 Å². The van der Waals surface area contributed by atoms with Crippen LogP contribution in [0.3, 0.4) is 0 Å². The molecule has 2 unspecified atom stereocenters. The monoisotopic (exact) mass is 198 g/mol. The molecule has 1 aliphatic carbocycles. The van der Waals surface area contributed by atoms with E-state index in [4.69, 9.17) is 14.2 Å². The molecule has 4 nitrogen and oxygen atoms in total. The van der Waals surface area contributed by atoms with Gasteiger partial charge in [0.15, 0.2) is 6.29 Å². The molecule has 3 aliphatic rings. The van der Waals surface area contributed by atoms with Gasteiger partial charge in [0.05, 0.1) is 19.1 Å². The van der Waals surface area contributed by atoms with Gasteiger partial charge in [-0.15, -0.1) is 0 Å². The molecule has 14 heavy (non-hydrogen) atoms. The Labute approximate surface area is 82.5 Å². The lowest BCUT2D eigenvalue weighted by atomic mass is 9.92. The summed E-state index contributed by atoms with van der Waals surface area (Å²) in [6, 6.07) is 0. The predicted octanol–water partition coefficient (Wildman–Crippen LogP) is 0.699.